The molecular weight excluding hydrogens is 292 g/mol. The number of nitrogen functional groups attached to an aromatic ring is 1. The second-order valence-corrected chi connectivity index (χ2v) is 5.00. The Labute approximate surface area is 126 Å². The molecule has 0 radical (unpaired) electrons. The molecule has 0 saturated heterocycles. The molecule has 1 aliphatic heterocycles. The maximum Gasteiger partial charge on any atom is 0.269 e. The van der Waals surface area contributed by atoms with Gasteiger partial charge in [0.05, 0.1) is 10.7 Å². The van der Waals surface area contributed by atoms with E-state index in [0.29, 0.717) is 27.9 Å². The summed E-state index contributed by atoms with van der Waals surface area (Å²) in [4.78, 5) is 12.2. The molecule has 0 fully saturated rings. The maximum absolute atomic E-state index is 12.2. The number of fused-ring (bicyclic) bond motifs is 1. The fraction of sp³-hybridized carbons (Fsp3) is 0.133. The monoisotopic (exact) mass is 304 g/mol. The number of halogens is 1. The van der Waals surface area contributed by atoms with Gasteiger partial charge in [-0.05, 0) is 30.3 Å². The van der Waals surface area contributed by atoms with Gasteiger partial charge in [-0.2, -0.15) is 0 Å². The lowest BCUT2D eigenvalue weighted by Gasteiger charge is -2.25. The molecule has 1 atom stereocenters. The average molecular weight is 305 g/mol. The molecule has 0 bridgehead atoms. The number of para-hydroxylation sites is 2. The van der Waals surface area contributed by atoms with Crippen molar-refractivity contribution in [3.63, 3.8) is 0 Å². The van der Waals surface area contributed by atoms with Gasteiger partial charge in [-0.15, -0.1) is 0 Å². The summed E-state index contributed by atoms with van der Waals surface area (Å²) in [6.07, 6.45) is -0.728. The minimum atomic E-state index is -0.728. The number of amides is 1. The van der Waals surface area contributed by atoms with Gasteiger partial charge in [-0.25, -0.2) is 0 Å². The Hall–Kier alpha value is -2.40. The van der Waals surface area contributed by atoms with Crippen molar-refractivity contribution in [2.75, 3.05) is 17.7 Å². The first-order valence-electron chi connectivity index (χ1n) is 6.38. The van der Waals surface area contributed by atoms with Crippen molar-refractivity contribution in [2.45, 2.75) is 6.10 Å². The van der Waals surface area contributed by atoms with Gasteiger partial charge < -0.3 is 20.5 Å². The van der Waals surface area contributed by atoms with E-state index in [-0.39, 0.29) is 12.5 Å². The van der Waals surface area contributed by atoms with Crippen molar-refractivity contribution < 1.29 is 14.3 Å². The number of benzene rings is 2. The molecule has 5 nitrogen and oxygen atoms in total. The van der Waals surface area contributed by atoms with Crippen LogP contribution in [-0.2, 0) is 4.79 Å². The van der Waals surface area contributed by atoms with E-state index in [4.69, 9.17) is 26.8 Å². The molecule has 21 heavy (non-hydrogen) atoms. The Bertz CT molecular complexity index is 690. The van der Waals surface area contributed by atoms with Crippen molar-refractivity contribution in [1.29, 1.82) is 0 Å². The Morgan fingerprint density at radius 1 is 1.24 bits per heavy atom. The first-order valence-corrected chi connectivity index (χ1v) is 6.75. The second-order valence-electron chi connectivity index (χ2n) is 4.59. The summed E-state index contributed by atoms with van der Waals surface area (Å²) >= 11 is 6.03. The first-order chi connectivity index (χ1) is 10.1. The number of hydrogen-bond donors (Lipinski definition) is 2. The highest BCUT2D eigenvalue weighted by atomic mass is 35.5. The largest absolute Gasteiger partial charge is 0.485 e. The van der Waals surface area contributed by atoms with Gasteiger partial charge in [0.15, 0.2) is 11.5 Å². The lowest BCUT2D eigenvalue weighted by atomic mass is 10.2. The van der Waals surface area contributed by atoms with Crippen LogP contribution in [0, 0.1) is 0 Å². The first kappa shape index (κ1) is 13.6. The van der Waals surface area contributed by atoms with Crippen LogP contribution in [0.4, 0.5) is 11.4 Å². The minimum absolute atomic E-state index is 0.148. The van der Waals surface area contributed by atoms with E-state index in [0.717, 1.165) is 0 Å². The zero-order valence-electron chi connectivity index (χ0n) is 11.0. The number of carbonyl (C=O) groups excluding carboxylic acids is 1. The molecule has 0 spiro atoms. The van der Waals surface area contributed by atoms with Gasteiger partial charge in [0.1, 0.15) is 6.61 Å². The number of anilines is 2. The fourth-order valence-corrected chi connectivity index (χ4v) is 2.23. The van der Waals surface area contributed by atoms with Crippen LogP contribution in [0.5, 0.6) is 11.5 Å². The quantitative estimate of drug-likeness (QED) is 0.837. The molecule has 0 saturated carbocycles. The molecule has 0 aliphatic carbocycles. The lowest BCUT2D eigenvalue weighted by molar-refractivity contribution is -0.125. The van der Waals surface area contributed by atoms with Crippen molar-refractivity contribution >= 4 is 28.9 Å². The summed E-state index contributed by atoms with van der Waals surface area (Å²) in [6, 6.07) is 12.1. The van der Waals surface area contributed by atoms with E-state index in [1.807, 2.05) is 12.1 Å². The normalized spacial score (nSPS) is 16.3. The highest BCUT2D eigenvalue weighted by Crippen LogP contribution is 2.31. The van der Waals surface area contributed by atoms with Gasteiger partial charge in [-0.3, -0.25) is 4.79 Å². The van der Waals surface area contributed by atoms with Gasteiger partial charge in [0.25, 0.3) is 5.91 Å². The van der Waals surface area contributed by atoms with Crippen molar-refractivity contribution in [2.24, 2.45) is 0 Å². The Kier molecular flexibility index (Phi) is 3.58. The molecule has 2 aromatic carbocycles. The van der Waals surface area contributed by atoms with Crippen LogP contribution in [0.2, 0.25) is 5.02 Å². The van der Waals surface area contributed by atoms with Gasteiger partial charge in [-0.1, -0.05) is 23.7 Å². The number of hydrogen-bond acceptors (Lipinski definition) is 4. The SMILES string of the molecule is Nc1ccc(NC(=O)C2COc3ccccc3O2)c(Cl)c1. The van der Waals surface area contributed by atoms with E-state index < -0.39 is 6.10 Å². The van der Waals surface area contributed by atoms with E-state index in [1.165, 1.54) is 0 Å². The number of nitrogens with two attached hydrogens (primary N) is 1. The standard InChI is InChI=1S/C15H13ClN2O3/c16-10-7-9(17)5-6-11(10)18-15(19)14-8-20-12-3-1-2-4-13(12)21-14/h1-7,14H,8,17H2,(H,18,19). The van der Waals surface area contributed by atoms with Crippen LogP contribution in [0.15, 0.2) is 42.5 Å². The predicted octanol–water partition coefficient (Wildman–Crippen LogP) is 2.70. The molecule has 108 valence electrons. The third-order valence-electron chi connectivity index (χ3n) is 3.05. The smallest absolute Gasteiger partial charge is 0.269 e. The summed E-state index contributed by atoms with van der Waals surface area (Å²) in [6.45, 7) is 0.148. The number of carbonyl (C=O) groups is 1. The van der Waals surface area contributed by atoms with E-state index in [2.05, 4.69) is 5.32 Å². The summed E-state index contributed by atoms with van der Waals surface area (Å²) in [7, 11) is 0. The second kappa shape index (κ2) is 5.54. The fourth-order valence-electron chi connectivity index (χ4n) is 1.99. The molecule has 3 rings (SSSR count). The van der Waals surface area contributed by atoms with Crippen LogP contribution >= 0.6 is 11.6 Å². The minimum Gasteiger partial charge on any atom is -0.485 e. The van der Waals surface area contributed by atoms with E-state index in [9.17, 15) is 4.79 Å². The molecule has 0 aromatic heterocycles. The Balaban J connectivity index is 1.72. The van der Waals surface area contributed by atoms with Crippen LogP contribution in [0.3, 0.4) is 0 Å². The third-order valence-corrected chi connectivity index (χ3v) is 3.36. The molecule has 2 aromatic rings. The summed E-state index contributed by atoms with van der Waals surface area (Å²) in [5, 5.41) is 3.08. The summed E-state index contributed by atoms with van der Waals surface area (Å²) in [5.74, 6) is 0.857. The average Bonchev–Trinajstić information content (AvgIpc) is 2.49. The molecule has 1 heterocycles. The molecule has 1 aliphatic rings. The van der Waals surface area contributed by atoms with E-state index in [1.54, 1.807) is 30.3 Å². The van der Waals surface area contributed by atoms with Crippen LogP contribution in [0.1, 0.15) is 0 Å². The molecular formula is C15H13ClN2O3. The van der Waals surface area contributed by atoms with Crippen molar-refractivity contribution in [3.05, 3.63) is 47.5 Å². The maximum atomic E-state index is 12.2. The van der Waals surface area contributed by atoms with Crippen LogP contribution in [-0.4, -0.2) is 18.6 Å². The van der Waals surface area contributed by atoms with Crippen LogP contribution < -0.4 is 20.5 Å². The number of ether oxygens (including phenoxy) is 2. The lowest BCUT2D eigenvalue weighted by Crippen LogP contribution is -2.40. The third kappa shape index (κ3) is 2.87. The molecule has 6 heteroatoms. The Morgan fingerprint density at radius 2 is 2.00 bits per heavy atom. The zero-order chi connectivity index (χ0) is 14.8. The van der Waals surface area contributed by atoms with Gasteiger partial charge in [0, 0.05) is 5.69 Å². The summed E-state index contributed by atoms with van der Waals surface area (Å²) in [5.41, 5.74) is 6.63. The number of nitrogens with one attached hydrogen (secondary N) is 1. The topological polar surface area (TPSA) is 73.6 Å². The predicted molar refractivity (Wildman–Crippen MR) is 80.8 cm³/mol. The highest BCUT2D eigenvalue weighted by molar-refractivity contribution is 6.34. The van der Waals surface area contributed by atoms with E-state index >= 15 is 0 Å². The number of rotatable bonds is 2. The van der Waals surface area contributed by atoms with Gasteiger partial charge >= 0.3 is 0 Å². The summed E-state index contributed by atoms with van der Waals surface area (Å²) < 4.78 is 11.1. The zero-order valence-corrected chi connectivity index (χ0v) is 11.8. The van der Waals surface area contributed by atoms with Crippen molar-refractivity contribution in [1.82, 2.24) is 0 Å². The van der Waals surface area contributed by atoms with Crippen LogP contribution in [0.25, 0.3) is 0 Å². The molecule has 1 unspecified atom stereocenters. The van der Waals surface area contributed by atoms with Crippen molar-refractivity contribution in [3.8, 4) is 11.5 Å². The highest BCUT2D eigenvalue weighted by Gasteiger charge is 2.27. The molecule has 1 amide bonds. The Morgan fingerprint density at radius 3 is 2.76 bits per heavy atom. The van der Waals surface area contributed by atoms with Gasteiger partial charge in [0.2, 0.25) is 6.10 Å². The molecule has 3 N–H and O–H groups in total.